The molecule has 2 N–H and O–H groups in total. The number of aliphatic hydroxyl groups is 1. The number of H-pyrrole nitrogens is 1. The van der Waals surface area contributed by atoms with Crippen LogP contribution in [0.15, 0.2) is 24.2 Å². The molecule has 2 rings (SSSR count). The van der Waals surface area contributed by atoms with E-state index >= 15 is 0 Å². The molecule has 112 valence electrons. The maximum absolute atomic E-state index is 9.75. The quantitative estimate of drug-likeness (QED) is 0.809. The maximum atomic E-state index is 9.75. The van der Waals surface area contributed by atoms with Gasteiger partial charge in [0.15, 0.2) is 0 Å². The molecule has 0 atom stereocenters. The molecule has 0 saturated carbocycles. The van der Waals surface area contributed by atoms with Crippen LogP contribution in [0.2, 0.25) is 0 Å². The Bertz CT molecular complexity index is 771. The summed E-state index contributed by atoms with van der Waals surface area (Å²) in [5.41, 5.74) is 0.469. The van der Waals surface area contributed by atoms with Crippen molar-refractivity contribution >= 4 is 11.0 Å². The molecule has 0 spiro atoms. The van der Waals surface area contributed by atoms with Gasteiger partial charge in [-0.15, -0.1) is 0 Å². The van der Waals surface area contributed by atoms with Crippen LogP contribution < -0.4 is 4.74 Å². The van der Waals surface area contributed by atoms with Crippen LogP contribution in [-0.2, 0) is 6.42 Å². The number of nitriles is 2. The van der Waals surface area contributed by atoms with Crippen LogP contribution in [0.4, 0.5) is 0 Å². The Labute approximate surface area is 127 Å². The zero-order valence-electron chi connectivity index (χ0n) is 12.3. The van der Waals surface area contributed by atoms with Gasteiger partial charge in [0, 0.05) is 6.20 Å². The van der Waals surface area contributed by atoms with Crippen LogP contribution in [0.1, 0.15) is 19.4 Å². The van der Waals surface area contributed by atoms with Crippen LogP contribution in [0, 0.1) is 22.7 Å². The summed E-state index contributed by atoms with van der Waals surface area (Å²) in [4.78, 5) is 11.2. The Morgan fingerprint density at radius 3 is 2.77 bits per heavy atom. The molecule has 7 nitrogen and oxygen atoms in total. The van der Waals surface area contributed by atoms with Gasteiger partial charge >= 0.3 is 0 Å². The lowest BCUT2D eigenvalue weighted by Gasteiger charge is -2.17. The van der Waals surface area contributed by atoms with Crippen molar-refractivity contribution < 1.29 is 9.84 Å². The van der Waals surface area contributed by atoms with Gasteiger partial charge in [0.05, 0.1) is 11.0 Å². The normalized spacial score (nSPS) is 10.8. The Hall–Kier alpha value is -2.90. The van der Waals surface area contributed by atoms with Gasteiger partial charge in [-0.25, -0.2) is 9.97 Å². The van der Waals surface area contributed by atoms with Gasteiger partial charge in [0.25, 0.3) is 0 Å². The number of aromatic nitrogens is 3. The maximum Gasteiger partial charge on any atom is 0.226 e. The molecule has 0 radical (unpaired) electrons. The molecule has 0 aliphatic heterocycles. The highest BCUT2D eigenvalue weighted by Crippen LogP contribution is 2.26. The Kier molecular flexibility index (Phi) is 4.40. The number of aromatic amines is 1. The third-order valence-electron chi connectivity index (χ3n) is 2.85. The highest BCUT2D eigenvalue weighted by Gasteiger charge is 2.17. The summed E-state index contributed by atoms with van der Waals surface area (Å²) in [5, 5.41) is 28.0. The van der Waals surface area contributed by atoms with Crippen molar-refractivity contribution in [2.45, 2.75) is 25.9 Å². The SMILES string of the molecule is CC(C)(O)COc1ncnc2[nH]cc(CC=C(C#N)C#N)c12. The fourth-order valence-electron chi connectivity index (χ4n) is 1.84. The average Bonchev–Trinajstić information content (AvgIpc) is 2.89. The summed E-state index contributed by atoms with van der Waals surface area (Å²) in [7, 11) is 0. The predicted octanol–water partition coefficient (Wildman–Crippen LogP) is 1.62. The lowest BCUT2D eigenvalue weighted by Crippen LogP contribution is -2.28. The molecule has 0 bridgehead atoms. The third-order valence-corrected chi connectivity index (χ3v) is 2.85. The number of nitrogens with zero attached hydrogens (tertiary/aromatic N) is 4. The zero-order valence-corrected chi connectivity index (χ0v) is 12.3. The molecular weight excluding hydrogens is 282 g/mol. The van der Waals surface area contributed by atoms with E-state index in [9.17, 15) is 5.11 Å². The topological polar surface area (TPSA) is 119 Å². The number of hydrogen-bond acceptors (Lipinski definition) is 6. The summed E-state index contributed by atoms with van der Waals surface area (Å²) < 4.78 is 5.57. The first-order valence-corrected chi connectivity index (χ1v) is 6.61. The average molecular weight is 297 g/mol. The van der Waals surface area contributed by atoms with Crippen LogP contribution in [0.3, 0.4) is 0 Å². The van der Waals surface area contributed by atoms with Gasteiger partial charge in [-0.2, -0.15) is 10.5 Å². The highest BCUT2D eigenvalue weighted by molar-refractivity contribution is 5.84. The second kappa shape index (κ2) is 6.25. The van der Waals surface area contributed by atoms with E-state index in [1.807, 2.05) is 12.1 Å². The Morgan fingerprint density at radius 1 is 1.41 bits per heavy atom. The highest BCUT2D eigenvalue weighted by atomic mass is 16.5. The van der Waals surface area contributed by atoms with Crippen molar-refractivity contribution in [3.63, 3.8) is 0 Å². The first-order chi connectivity index (χ1) is 10.4. The molecule has 0 aromatic carbocycles. The molecule has 0 saturated heterocycles. The smallest absolute Gasteiger partial charge is 0.226 e. The minimum atomic E-state index is -0.984. The minimum absolute atomic E-state index is 0.0464. The molecule has 2 aromatic rings. The molecule has 22 heavy (non-hydrogen) atoms. The zero-order chi connectivity index (χ0) is 16.2. The van der Waals surface area contributed by atoms with Gasteiger partial charge in [0.2, 0.25) is 5.88 Å². The van der Waals surface area contributed by atoms with Gasteiger partial charge < -0.3 is 14.8 Å². The van der Waals surface area contributed by atoms with E-state index in [1.54, 1.807) is 20.0 Å². The standard InChI is InChI=1S/C15H15N5O2/c1-15(2,21)8-22-14-12-11(4-3-10(5-16)6-17)7-18-13(12)19-9-20-14/h3,7,9,21H,4,8H2,1-2H3,(H,18,19,20). The van der Waals surface area contributed by atoms with Gasteiger partial charge in [0.1, 0.15) is 36.3 Å². The Morgan fingerprint density at radius 2 is 2.14 bits per heavy atom. The van der Waals surface area contributed by atoms with Crippen molar-refractivity contribution in [2.24, 2.45) is 0 Å². The molecule has 2 aromatic heterocycles. The van der Waals surface area contributed by atoms with Gasteiger partial charge in [-0.05, 0) is 25.8 Å². The second-order valence-electron chi connectivity index (χ2n) is 5.36. The van der Waals surface area contributed by atoms with Crippen molar-refractivity contribution in [1.29, 1.82) is 10.5 Å². The molecule has 0 aliphatic rings. The molecular formula is C15H15N5O2. The van der Waals surface area contributed by atoms with E-state index in [0.29, 0.717) is 23.3 Å². The molecule has 0 amide bonds. The van der Waals surface area contributed by atoms with Crippen molar-refractivity contribution in [2.75, 3.05) is 6.61 Å². The van der Waals surface area contributed by atoms with E-state index in [1.165, 1.54) is 12.4 Å². The van der Waals surface area contributed by atoms with Crippen molar-refractivity contribution in [3.8, 4) is 18.0 Å². The summed E-state index contributed by atoms with van der Waals surface area (Å²) in [6.45, 7) is 3.36. The monoisotopic (exact) mass is 297 g/mol. The molecule has 0 fully saturated rings. The van der Waals surface area contributed by atoms with Crippen molar-refractivity contribution in [3.05, 3.63) is 29.7 Å². The summed E-state index contributed by atoms with van der Waals surface area (Å²) in [6, 6.07) is 3.63. The fraction of sp³-hybridized carbons (Fsp3) is 0.333. The predicted molar refractivity (Wildman–Crippen MR) is 78.7 cm³/mol. The van der Waals surface area contributed by atoms with Crippen LogP contribution in [-0.4, -0.2) is 32.3 Å². The van der Waals surface area contributed by atoms with Crippen LogP contribution in [0.25, 0.3) is 11.0 Å². The minimum Gasteiger partial charge on any atom is -0.474 e. The second-order valence-corrected chi connectivity index (χ2v) is 5.36. The molecule has 0 aliphatic carbocycles. The summed E-state index contributed by atoms with van der Waals surface area (Å²) in [5.74, 6) is 0.354. The van der Waals surface area contributed by atoms with E-state index in [0.717, 1.165) is 5.56 Å². The Balaban J connectivity index is 2.35. The largest absolute Gasteiger partial charge is 0.474 e. The number of hydrogen-bond donors (Lipinski definition) is 2. The van der Waals surface area contributed by atoms with E-state index < -0.39 is 5.60 Å². The van der Waals surface area contributed by atoms with Gasteiger partial charge in [-0.3, -0.25) is 0 Å². The fourth-order valence-corrected chi connectivity index (χ4v) is 1.84. The summed E-state index contributed by atoms with van der Waals surface area (Å²) >= 11 is 0. The molecule has 2 heterocycles. The lowest BCUT2D eigenvalue weighted by molar-refractivity contribution is 0.0274. The first-order valence-electron chi connectivity index (χ1n) is 6.61. The number of fused-ring (bicyclic) bond motifs is 1. The van der Waals surface area contributed by atoms with Crippen molar-refractivity contribution in [1.82, 2.24) is 15.0 Å². The molecule has 7 heteroatoms. The van der Waals surface area contributed by atoms with Gasteiger partial charge in [-0.1, -0.05) is 6.08 Å². The van der Waals surface area contributed by atoms with E-state index in [4.69, 9.17) is 15.3 Å². The van der Waals surface area contributed by atoms with E-state index in [-0.39, 0.29) is 12.2 Å². The number of allylic oxidation sites excluding steroid dienone is 2. The van der Waals surface area contributed by atoms with Crippen LogP contribution in [0.5, 0.6) is 5.88 Å². The van der Waals surface area contributed by atoms with E-state index in [2.05, 4.69) is 15.0 Å². The summed E-state index contributed by atoms with van der Waals surface area (Å²) in [6.07, 6.45) is 5.02. The third kappa shape index (κ3) is 3.60. The lowest BCUT2D eigenvalue weighted by atomic mass is 10.1. The number of ether oxygens (including phenoxy) is 1. The first kappa shape index (κ1) is 15.5. The molecule has 0 unspecified atom stereocenters. The number of rotatable bonds is 5. The number of nitrogens with one attached hydrogen (secondary N) is 1. The van der Waals surface area contributed by atoms with Crippen LogP contribution >= 0.6 is 0 Å².